The number of hydrogen-bond donors (Lipinski definition) is 1. The molecule has 21 heavy (non-hydrogen) atoms. The van der Waals surface area contributed by atoms with Crippen LogP contribution in [0.3, 0.4) is 0 Å². The van der Waals surface area contributed by atoms with Gasteiger partial charge < -0.3 is 10.1 Å². The van der Waals surface area contributed by atoms with Gasteiger partial charge in [0.2, 0.25) is 0 Å². The lowest BCUT2D eigenvalue weighted by Gasteiger charge is -2.13. The van der Waals surface area contributed by atoms with E-state index < -0.39 is 0 Å². The fourth-order valence-electron chi connectivity index (χ4n) is 1.81. The van der Waals surface area contributed by atoms with E-state index in [2.05, 4.69) is 10.3 Å². The topological polar surface area (TPSA) is 51.2 Å². The van der Waals surface area contributed by atoms with Crippen molar-refractivity contribution in [3.63, 3.8) is 0 Å². The van der Waals surface area contributed by atoms with Crippen molar-refractivity contribution in [3.8, 4) is 5.75 Å². The van der Waals surface area contributed by atoms with Gasteiger partial charge >= 0.3 is 0 Å². The fraction of sp³-hybridized carbons (Fsp3) is 0.250. The Morgan fingerprint density at radius 1 is 1.38 bits per heavy atom. The summed E-state index contributed by atoms with van der Waals surface area (Å²) in [6, 6.07) is 7.23. The number of anilines is 1. The van der Waals surface area contributed by atoms with Crippen LogP contribution in [-0.4, -0.2) is 17.5 Å². The number of rotatable bonds is 5. The highest BCUT2D eigenvalue weighted by Crippen LogP contribution is 2.27. The summed E-state index contributed by atoms with van der Waals surface area (Å²) >= 11 is 5.98. The molecule has 0 saturated heterocycles. The van der Waals surface area contributed by atoms with Gasteiger partial charge in [0.25, 0.3) is 5.91 Å². The molecule has 110 valence electrons. The zero-order valence-electron chi connectivity index (χ0n) is 12.0. The third-order valence-corrected chi connectivity index (χ3v) is 3.17. The minimum absolute atomic E-state index is 0.285. The molecule has 2 aromatic rings. The summed E-state index contributed by atoms with van der Waals surface area (Å²) in [6.07, 6.45) is 3.88. The molecule has 1 aromatic carbocycles. The summed E-state index contributed by atoms with van der Waals surface area (Å²) in [7, 11) is 0. The van der Waals surface area contributed by atoms with E-state index in [1.807, 2.05) is 32.0 Å². The van der Waals surface area contributed by atoms with Crippen LogP contribution in [-0.2, 0) is 0 Å². The number of nitrogens with zero attached hydrogens (tertiary/aromatic N) is 1. The molecule has 0 atom stereocenters. The highest BCUT2D eigenvalue weighted by Gasteiger charge is 2.13. The van der Waals surface area contributed by atoms with E-state index in [9.17, 15) is 4.79 Å². The Kier molecular flexibility index (Phi) is 5.17. The summed E-state index contributed by atoms with van der Waals surface area (Å²) in [5, 5.41) is 3.15. The van der Waals surface area contributed by atoms with Crippen LogP contribution in [0, 0.1) is 6.92 Å². The van der Waals surface area contributed by atoms with Gasteiger partial charge in [-0.2, -0.15) is 0 Å². The number of halogens is 1. The molecule has 1 amide bonds. The second-order valence-corrected chi connectivity index (χ2v) is 5.06. The van der Waals surface area contributed by atoms with Crippen LogP contribution < -0.4 is 10.1 Å². The van der Waals surface area contributed by atoms with Gasteiger partial charge in [0, 0.05) is 12.4 Å². The Morgan fingerprint density at radius 3 is 2.90 bits per heavy atom. The Labute approximate surface area is 129 Å². The number of benzene rings is 1. The zero-order chi connectivity index (χ0) is 15.2. The van der Waals surface area contributed by atoms with Crippen molar-refractivity contribution in [2.45, 2.75) is 20.3 Å². The first kappa shape index (κ1) is 15.3. The lowest BCUT2D eigenvalue weighted by molar-refractivity contribution is 0.102. The molecule has 0 radical (unpaired) electrons. The normalized spacial score (nSPS) is 10.2. The lowest BCUT2D eigenvalue weighted by atomic mass is 10.2. The Morgan fingerprint density at radius 2 is 2.19 bits per heavy atom. The van der Waals surface area contributed by atoms with Crippen LogP contribution in [0.1, 0.15) is 29.3 Å². The van der Waals surface area contributed by atoms with Gasteiger partial charge in [-0.25, -0.2) is 0 Å². The highest BCUT2D eigenvalue weighted by molar-refractivity contribution is 6.34. The second kappa shape index (κ2) is 7.09. The van der Waals surface area contributed by atoms with E-state index >= 15 is 0 Å². The van der Waals surface area contributed by atoms with Crippen LogP contribution in [0.5, 0.6) is 5.75 Å². The first-order valence-corrected chi connectivity index (χ1v) is 7.14. The molecule has 0 bridgehead atoms. The number of hydrogen-bond acceptors (Lipinski definition) is 3. The van der Waals surface area contributed by atoms with E-state index in [-0.39, 0.29) is 5.91 Å². The molecule has 1 N–H and O–H groups in total. The van der Waals surface area contributed by atoms with Crippen molar-refractivity contribution in [1.29, 1.82) is 0 Å². The van der Waals surface area contributed by atoms with E-state index in [1.54, 1.807) is 6.07 Å². The standard InChI is InChI=1S/C16H17ClN2O2/c1-3-8-21-15-9-11(2)4-5-14(15)19-16(20)12-6-7-18-10-13(12)17/h4-7,9-10H,3,8H2,1-2H3,(H,19,20). The molecular weight excluding hydrogens is 288 g/mol. The van der Waals surface area contributed by atoms with Crippen LogP contribution >= 0.6 is 11.6 Å². The molecule has 0 saturated carbocycles. The number of carbonyl (C=O) groups is 1. The molecule has 0 aliphatic rings. The van der Waals surface area contributed by atoms with Crippen molar-refractivity contribution < 1.29 is 9.53 Å². The van der Waals surface area contributed by atoms with Crippen LogP contribution in [0.2, 0.25) is 5.02 Å². The summed E-state index contributed by atoms with van der Waals surface area (Å²) < 4.78 is 5.67. The summed E-state index contributed by atoms with van der Waals surface area (Å²) in [6.45, 7) is 4.61. The molecule has 4 nitrogen and oxygen atoms in total. The largest absolute Gasteiger partial charge is 0.491 e. The van der Waals surface area contributed by atoms with E-state index in [0.717, 1.165) is 12.0 Å². The average Bonchev–Trinajstić information content (AvgIpc) is 2.47. The van der Waals surface area contributed by atoms with E-state index in [1.165, 1.54) is 12.4 Å². The zero-order valence-corrected chi connectivity index (χ0v) is 12.8. The summed E-state index contributed by atoms with van der Waals surface area (Å²) in [5.74, 6) is 0.378. The highest BCUT2D eigenvalue weighted by atomic mass is 35.5. The quantitative estimate of drug-likeness (QED) is 0.905. The molecule has 1 heterocycles. The third-order valence-electron chi connectivity index (χ3n) is 2.86. The summed E-state index contributed by atoms with van der Waals surface area (Å²) in [4.78, 5) is 16.1. The maximum Gasteiger partial charge on any atom is 0.257 e. The van der Waals surface area contributed by atoms with Crippen molar-refractivity contribution in [1.82, 2.24) is 4.98 Å². The minimum atomic E-state index is -0.285. The first-order chi connectivity index (χ1) is 10.1. The van der Waals surface area contributed by atoms with Crippen molar-refractivity contribution in [2.24, 2.45) is 0 Å². The molecule has 2 rings (SSSR count). The van der Waals surface area contributed by atoms with Gasteiger partial charge in [-0.3, -0.25) is 9.78 Å². The lowest BCUT2D eigenvalue weighted by Crippen LogP contribution is -2.13. The number of aromatic nitrogens is 1. The Hall–Kier alpha value is -2.07. The number of ether oxygens (including phenoxy) is 1. The monoisotopic (exact) mass is 304 g/mol. The van der Waals surface area contributed by atoms with Crippen LogP contribution in [0.25, 0.3) is 0 Å². The predicted octanol–water partition coefficient (Wildman–Crippen LogP) is 4.08. The van der Waals surface area contributed by atoms with Gasteiger partial charge in [0.1, 0.15) is 5.75 Å². The molecule has 0 aliphatic carbocycles. The maximum atomic E-state index is 12.3. The van der Waals surface area contributed by atoms with Crippen LogP contribution in [0.4, 0.5) is 5.69 Å². The van der Waals surface area contributed by atoms with Crippen LogP contribution in [0.15, 0.2) is 36.7 Å². The maximum absolute atomic E-state index is 12.3. The molecule has 1 aromatic heterocycles. The number of pyridine rings is 1. The number of nitrogens with one attached hydrogen (secondary N) is 1. The molecule has 0 fully saturated rings. The Balaban J connectivity index is 2.23. The van der Waals surface area contributed by atoms with E-state index in [0.29, 0.717) is 28.6 Å². The third kappa shape index (κ3) is 3.95. The first-order valence-electron chi connectivity index (χ1n) is 6.76. The smallest absolute Gasteiger partial charge is 0.257 e. The number of amides is 1. The van der Waals surface area contributed by atoms with Crippen molar-refractivity contribution in [3.05, 3.63) is 52.8 Å². The number of carbonyl (C=O) groups excluding carboxylic acids is 1. The van der Waals surface area contributed by atoms with Gasteiger partial charge in [-0.1, -0.05) is 24.6 Å². The number of aryl methyl sites for hydroxylation is 1. The molecule has 5 heteroatoms. The van der Waals surface area contributed by atoms with Gasteiger partial charge in [0.15, 0.2) is 0 Å². The van der Waals surface area contributed by atoms with E-state index in [4.69, 9.17) is 16.3 Å². The SMILES string of the molecule is CCCOc1cc(C)ccc1NC(=O)c1ccncc1Cl. The van der Waals surface area contributed by atoms with Gasteiger partial charge in [-0.05, 0) is 37.1 Å². The Bertz CT molecular complexity index is 644. The molecule has 0 aliphatic heterocycles. The molecule has 0 unspecified atom stereocenters. The molecular formula is C16H17ClN2O2. The second-order valence-electron chi connectivity index (χ2n) is 4.66. The predicted molar refractivity (Wildman–Crippen MR) is 84.2 cm³/mol. The van der Waals surface area contributed by atoms with Gasteiger partial charge in [0.05, 0.1) is 22.9 Å². The van der Waals surface area contributed by atoms with Gasteiger partial charge in [-0.15, -0.1) is 0 Å². The van der Waals surface area contributed by atoms with Crippen molar-refractivity contribution >= 4 is 23.2 Å². The minimum Gasteiger partial charge on any atom is -0.491 e. The fourth-order valence-corrected chi connectivity index (χ4v) is 2.02. The average molecular weight is 305 g/mol. The summed E-state index contributed by atoms with van der Waals surface area (Å²) in [5.41, 5.74) is 2.08. The van der Waals surface area contributed by atoms with Crippen molar-refractivity contribution in [2.75, 3.05) is 11.9 Å². The molecule has 0 spiro atoms.